The van der Waals surface area contributed by atoms with Gasteiger partial charge in [0.05, 0.1) is 17.8 Å². The van der Waals surface area contributed by atoms with Gasteiger partial charge in [-0.15, -0.1) is 0 Å². The molecule has 0 radical (unpaired) electrons. The summed E-state index contributed by atoms with van der Waals surface area (Å²) in [6.45, 7) is 11.6. The molecule has 0 aliphatic carbocycles. The van der Waals surface area contributed by atoms with Gasteiger partial charge in [-0.25, -0.2) is 0 Å². The monoisotopic (exact) mass is 259 g/mol. The zero-order valence-electron chi connectivity index (χ0n) is 12.5. The molecule has 0 aromatic carbocycles. The van der Waals surface area contributed by atoms with Crippen molar-refractivity contribution >= 4 is 5.91 Å². The first-order valence-corrected chi connectivity index (χ1v) is 6.75. The van der Waals surface area contributed by atoms with E-state index in [1.54, 1.807) is 0 Å². The Labute approximate surface area is 111 Å². The Morgan fingerprint density at radius 2 is 1.50 bits per heavy atom. The van der Waals surface area contributed by atoms with E-state index in [1.807, 2.05) is 13.8 Å². The van der Waals surface area contributed by atoms with Crippen LogP contribution in [0.4, 0.5) is 0 Å². The topological polar surface area (TPSA) is 61.6 Å². The molecule has 0 bridgehead atoms. The smallest absolute Gasteiger partial charge is 0.217 e. The molecule has 4 heteroatoms. The molecule has 0 unspecified atom stereocenters. The molecule has 4 nitrogen and oxygen atoms in total. The molecule has 0 saturated carbocycles. The number of carbonyl (C=O) groups excluding carboxylic acids is 1. The molecular formula is C14H29NO3. The highest BCUT2D eigenvalue weighted by atomic mass is 16.5. The van der Waals surface area contributed by atoms with Crippen molar-refractivity contribution in [3.63, 3.8) is 0 Å². The minimum Gasteiger partial charge on any atom is -0.375 e. The van der Waals surface area contributed by atoms with Crippen molar-refractivity contribution in [1.29, 1.82) is 0 Å². The van der Waals surface area contributed by atoms with Crippen LogP contribution in [0.2, 0.25) is 0 Å². The number of nitrogens with two attached hydrogens (primary N) is 1. The molecule has 108 valence electrons. The van der Waals surface area contributed by atoms with Gasteiger partial charge in [0.2, 0.25) is 5.91 Å². The lowest BCUT2D eigenvalue weighted by molar-refractivity contribution is -0.120. The first kappa shape index (κ1) is 17.4. The summed E-state index contributed by atoms with van der Waals surface area (Å²) in [5, 5.41) is 0. The standard InChI is InChI=1S/C14H29NO3/c1-6-10-17-14(4,5)9-11-18-13(2,3)8-7-12(15)16/h6-11H2,1-5H3,(H2,15,16). The van der Waals surface area contributed by atoms with Crippen molar-refractivity contribution in [1.82, 2.24) is 0 Å². The molecule has 1 amide bonds. The summed E-state index contributed by atoms with van der Waals surface area (Å²) in [5.41, 5.74) is 4.67. The number of primary amides is 1. The molecule has 0 fully saturated rings. The molecule has 0 heterocycles. The lowest BCUT2D eigenvalue weighted by Gasteiger charge is -2.29. The molecule has 0 spiro atoms. The summed E-state index contributed by atoms with van der Waals surface area (Å²) in [4.78, 5) is 10.7. The molecule has 18 heavy (non-hydrogen) atoms. The van der Waals surface area contributed by atoms with E-state index in [0.29, 0.717) is 19.4 Å². The van der Waals surface area contributed by atoms with E-state index in [9.17, 15) is 4.79 Å². The van der Waals surface area contributed by atoms with Crippen LogP contribution in [0.1, 0.15) is 60.3 Å². The normalized spacial score (nSPS) is 12.7. The van der Waals surface area contributed by atoms with Gasteiger partial charge >= 0.3 is 0 Å². The second-order valence-corrected chi connectivity index (χ2v) is 5.93. The van der Waals surface area contributed by atoms with Crippen LogP contribution in [0.25, 0.3) is 0 Å². The third kappa shape index (κ3) is 9.42. The van der Waals surface area contributed by atoms with Crippen molar-refractivity contribution in [3.05, 3.63) is 0 Å². The SMILES string of the molecule is CCCOC(C)(C)CCOC(C)(C)CCC(N)=O. The zero-order chi connectivity index (χ0) is 14.2. The maximum Gasteiger partial charge on any atom is 0.217 e. The highest BCUT2D eigenvalue weighted by Gasteiger charge is 2.22. The van der Waals surface area contributed by atoms with Crippen molar-refractivity contribution in [3.8, 4) is 0 Å². The van der Waals surface area contributed by atoms with Gasteiger partial charge in [-0.05, 0) is 47.0 Å². The molecule has 0 rings (SSSR count). The van der Waals surface area contributed by atoms with E-state index in [2.05, 4.69) is 20.8 Å². The van der Waals surface area contributed by atoms with Gasteiger partial charge < -0.3 is 15.2 Å². The molecule has 0 aliphatic rings. The van der Waals surface area contributed by atoms with Gasteiger partial charge in [0.25, 0.3) is 0 Å². The first-order chi connectivity index (χ1) is 8.18. The molecular weight excluding hydrogens is 230 g/mol. The maximum atomic E-state index is 10.7. The molecule has 0 aromatic rings. The number of rotatable bonds is 10. The van der Waals surface area contributed by atoms with E-state index in [-0.39, 0.29) is 17.1 Å². The Morgan fingerprint density at radius 1 is 1.00 bits per heavy atom. The summed E-state index contributed by atoms with van der Waals surface area (Å²) in [5.74, 6) is -0.279. The van der Waals surface area contributed by atoms with Gasteiger partial charge in [-0.1, -0.05) is 6.92 Å². The lowest BCUT2D eigenvalue weighted by Crippen LogP contribution is -2.31. The van der Waals surface area contributed by atoms with Crippen molar-refractivity contribution < 1.29 is 14.3 Å². The fraction of sp³-hybridized carbons (Fsp3) is 0.929. The van der Waals surface area contributed by atoms with Gasteiger partial charge in [-0.3, -0.25) is 4.79 Å². The molecule has 0 atom stereocenters. The van der Waals surface area contributed by atoms with Crippen LogP contribution in [-0.2, 0) is 14.3 Å². The highest BCUT2D eigenvalue weighted by Crippen LogP contribution is 2.20. The number of hydrogen-bond acceptors (Lipinski definition) is 3. The maximum absolute atomic E-state index is 10.7. The van der Waals surface area contributed by atoms with Gasteiger partial charge in [0.15, 0.2) is 0 Å². The predicted molar refractivity (Wildman–Crippen MR) is 73.4 cm³/mol. The van der Waals surface area contributed by atoms with Crippen LogP contribution in [0.5, 0.6) is 0 Å². The Bertz CT molecular complexity index is 249. The van der Waals surface area contributed by atoms with Crippen molar-refractivity contribution in [2.75, 3.05) is 13.2 Å². The summed E-state index contributed by atoms with van der Waals surface area (Å²) in [7, 11) is 0. The average molecular weight is 259 g/mol. The van der Waals surface area contributed by atoms with Crippen molar-refractivity contribution in [2.45, 2.75) is 71.5 Å². The summed E-state index contributed by atoms with van der Waals surface area (Å²) >= 11 is 0. The lowest BCUT2D eigenvalue weighted by atomic mass is 10.0. The largest absolute Gasteiger partial charge is 0.375 e. The number of ether oxygens (including phenoxy) is 2. The Hall–Kier alpha value is -0.610. The van der Waals surface area contributed by atoms with Gasteiger partial charge in [-0.2, -0.15) is 0 Å². The van der Waals surface area contributed by atoms with Crippen LogP contribution in [0.3, 0.4) is 0 Å². The molecule has 0 saturated heterocycles. The highest BCUT2D eigenvalue weighted by molar-refractivity contribution is 5.73. The summed E-state index contributed by atoms with van der Waals surface area (Å²) < 4.78 is 11.5. The zero-order valence-corrected chi connectivity index (χ0v) is 12.5. The number of amides is 1. The fourth-order valence-electron chi connectivity index (χ4n) is 1.52. The minimum atomic E-state index is -0.310. The summed E-state index contributed by atoms with van der Waals surface area (Å²) in [6.07, 6.45) is 2.88. The van der Waals surface area contributed by atoms with Crippen LogP contribution in [0, 0.1) is 0 Å². The van der Waals surface area contributed by atoms with Crippen LogP contribution in [-0.4, -0.2) is 30.3 Å². The van der Waals surface area contributed by atoms with Gasteiger partial charge in [0, 0.05) is 13.0 Å². The second-order valence-electron chi connectivity index (χ2n) is 5.93. The third-order valence-corrected chi connectivity index (χ3v) is 2.87. The Balaban J connectivity index is 3.90. The van der Waals surface area contributed by atoms with E-state index >= 15 is 0 Å². The van der Waals surface area contributed by atoms with Crippen LogP contribution >= 0.6 is 0 Å². The van der Waals surface area contributed by atoms with E-state index in [1.165, 1.54) is 0 Å². The quantitative estimate of drug-likeness (QED) is 0.656. The van der Waals surface area contributed by atoms with E-state index < -0.39 is 0 Å². The predicted octanol–water partition coefficient (Wildman–Crippen LogP) is 2.64. The Morgan fingerprint density at radius 3 is 2.00 bits per heavy atom. The average Bonchev–Trinajstić information content (AvgIpc) is 2.23. The second kappa shape index (κ2) is 7.74. The fourth-order valence-corrected chi connectivity index (χ4v) is 1.52. The number of carbonyl (C=O) groups is 1. The minimum absolute atomic E-state index is 0.157. The molecule has 0 aliphatic heterocycles. The number of hydrogen-bond donors (Lipinski definition) is 1. The van der Waals surface area contributed by atoms with Gasteiger partial charge in [0.1, 0.15) is 0 Å². The van der Waals surface area contributed by atoms with Crippen molar-refractivity contribution in [2.24, 2.45) is 5.73 Å². The Kier molecular flexibility index (Phi) is 7.48. The third-order valence-electron chi connectivity index (χ3n) is 2.87. The first-order valence-electron chi connectivity index (χ1n) is 6.75. The van der Waals surface area contributed by atoms with E-state index in [0.717, 1.165) is 19.4 Å². The molecule has 2 N–H and O–H groups in total. The van der Waals surface area contributed by atoms with Crippen LogP contribution in [0.15, 0.2) is 0 Å². The van der Waals surface area contributed by atoms with E-state index in [4.69, 9.17) is 15.2 Å². The molecule has 0 aromatic heterocycles. The summed E-state index contributed by atoms with van der Waals surface area (Å²) in [6, 6.07) is 0. The van der Waals surface area contributed by atoms with Crippen LogP contribution < -0.4 is 5.73 Å².